The van der Waals surface area contributed by atoms with Crippen LogP contribution in [0.15, 0.2) is 24.3 Å². The zero-order valence-electron chi connectivity index (χ0n) is 18.2. The number of benzene rings is 1. The molecule has 1 saturated heterocycles. The highest BCUT2D eigenvalue weighted by atomic mass is 35.5. The number of halogens is 1. The Kier molecular flexibility index (Phi) is 9.43. The lowest BCUT2D eigenvalue weighted by Crippen LogP contribution is -2.55. The van der Waals surface area contributed by atoms with Crippen molar-refractivity contribution in [1.29, 1.82) is 0 Å². The standard InChI is InChI=1S/C22H35N3O3.ClH/c1-15(2)22(5,14-23)24-21(27)18-9-11-19(12-10-18)28-13-20(26)25-16(3)7-6-8-17(25)4;/h9-12,15-17H,6-8,13-14,23H2,1-5H3,(H,24,27);1H. The second-order valence-electron chi connectivity index (χ2n) is 8.47. The van der Waals surface area contributed by atoms with Crippen molar-refractivity contribution in [3.63, 3.8) is 0 Å². The minimum atomic E-state index is -0.458. The molecule has 0 aromatic heterocycles. The number of hydrogen-bond donors (Lipinski definition) is 2. The zero-order chi connectivity index (χ0) is 20.9. The summed E-state index contributed by atoms with van der Waals surface area (Å²) in [5.74, 6) is 0.639. The van der Waals surface area contributed by atoms with Crippen molar-refractivity contribution in [1.82, 2.24) is 10.2 Å². The first-order valence-electron chi connectivity index (χ1n) is 10.2. The van der Waals surface area contributed by atoms with Crippen LogP contribution in [0.3, 0.4) is 0 Å². The Morgan fingerprint density at radius 3 is 2.24 bits per heavy atom. The van der Waals surface area contributed by atoms with E-state index in [0.29, 0.717) is 17.9 Å². The van der Waals surface area contributed by atoms with Crippen LogP contribution in [-0.2, 0) is 4.79 Å². The van der Waals surface area contributed by atoms with Gasteiger partial charge in [-0.2, -0.15) is 0 Å². The van der Waals surface area contributed by atoms with Gasteiger partial charge in [-0.05, 0) is 70.2 Å². The quantitative estimate of drug-likeness (QED) is 0.701. The highest BCUT2D eigenvalue weighted by Crippen LogP contribution is 2.23. The van der Waals surface area contributed by atoms with Crippen LogP contribution in [0, 0.1) is 5.92 Å². The number of ether oxygens (including phenoxy) is 1. The number of nitrogens with one attached hydrogen (secondary N) is 1. The van der Waals surface area contributed by atoms with Crippen molar-refractivity contribution in [2.24, 2.45) is 11.7 Å². The zero-order valence-corrected chi connectivity index (χ0v) is 19.1. The van der Waals surface area contributed by atoms with Crippen LogP contribution in [-0.4, -0.2) is 47.5 Å². The van der Waals surface area contributed by atoms with Gasteiger partial charge in [-0.25, -0.2) is 0 Å². The van der Waals surface area contributed by atoms with Crippen molar-refractivity contribution in [2.45, 2.75) is 71.5 Å². The van der Waals surface area contributed by atoms with E-state index < -0.39 is 5.54 Å². The number of hydrogen-bond acceptors (Lipinski definition) is 4. The minimum Gasteiger partial charge on any atom is -0.484 e. The van der Waals surface area contributed by atoms with E-state index in [1.165, 1.54) is 0 Å². The molecule has 1 fully saturated rings. The SMILES string of the molecule is CC1CCCC(C)N1C(=O)COc1ccc(C(=O)NC(C)(CN)C(C)C)cc1.Cl. The maximum Gasteiger partial charge on any atom is 0.260 e. The number of piperidine rings is 1. The van der Waals surface area contributed by atoms with Gasteiger partial charge >= 0.3 is 0 Å². The molecule has 0 aliphatic carbocycles. The van der Waals surface area contributed by atoms with E-state index in [4.69, 9.17) is 10.5 Å². The summed E-state index contributed by atoms with van der Waals surface area (Å²) >= 11 is 0. The molecule has 2 rings (SSSR count). The van der Waals surface area contributed by atoms with Crippen LogP contribution in [0.4, 0.5) is 0 Å². The number of carbonyl (C=O) groups excluding carboxylic acids is 2. The van der Waals surface area contributed by atoms with E-state index >= 15 is 0 Å². The van der Waals surface area contributed by atoms with Gasteiger partial charge in [0.05, 0.1) is 5.54 Å². The molecule has 1 aromatic rings. The van der Waals surface area contributed by atoms with E-state index in [-0.39, 0.29) is 48.8 Å². The smallest absolute Gasteiger partial charge is 0.260 e. The number of amides is 2. The largest absolute Gasteiger partial charge is 0.484 e. The lowest BCUT2D eigenvalue weighted by Gasteiger charge is -2.38. The highest BCUT2D eigenvalue weighted by molar-refractivity contribution is 5.94. The molecule has 29 heavy (non-hydrogen) atoms. The number of rotatable bonds is 7. The van der Waals surface area contributed by atoms with Crippen molar-refractivity contribution in [2.75, 3.05) is 13.2 Å². The fourth-order valence-electron chi connectivity index (χ4n) is 3.60. The van der Waals surface area contributed by atoms with Gasteiger partial charge in [0.1, 0.15) is 5.75 Å². The van der Waals surface area contributed by atoms with Gasteiger partial charge in [-0.15, -0.1) is 12.4 Å². The maximum atomic E-state index is 12.5. The molecule has 0 radical (unpaired) electrons. The first-order chi connectivity index (χ1) is 13.2. The van der Waals surface area contributed by atoms with Crippen LogP contribution in [0.2, 0.25) is 0 Å². The Hall–Kier alpha value is -1.79. The molecule has 1 aliphatic rings. The summed E-state index contributed by atoms with van der Waals surface area (Å²) in [5.41, 5.74) is 5.92. The fourth-order valence-corrected chi connectivity index (χ4v) is 3.60. The maximum absolute atomic E-state index is 12.5. The van der Waals surface area contributed by atoms with Crippen LogP contribution in [0.5, 0.6) is 5.75 Å². The molecule has 0 saturated carbocycles. The van der Waals surface area contributed by atoms with Gasteiger partial charge in [0, 0.05) is 24.2 Å². The second kappa shape index (κ2) is 10.8. The predicted molar refractivity (Wildman–Crippen MR) is 119 cm³/mol. The molecule has 3 atom stereocenters. The first-order valence-corrected chi connectivity index (χ1v) is 10.2. The third-order valence-electron chi connectivity index (χ3n) is 6.06. The third-order valence-corrected chi connectivity index (χ3v) is 6.06. The second-order valence-corrected chi connectivity index (χ2v) is 8.47. The number of nitrogens with two attached hydrogens (primary N) is 1. The van der Waals surface area contributed by atoms with Crippen molar-refractivity contribution in [3.8, 4) is 5.75 Å². The van der Waals surface area contributed by atoms with E-state index in [1.807, 2.05) is 25.7 Å². The van der Waals surface area contributed by atoms with Gasteiger partial charge in [0.2, 0.25) is 0 Å². The molecule has 3 unspecified atom stereocenters. The van der Waals surface area contributed by atoms with Crippen molar-refractivity contribution >= 4 is 24.2 Å². The number of carbonyl (C=O) groups is 2. The third kappa shape index (κ3) is 6.34. The molecule has 0 bridgehead atoms. The van der Waals surface area contributed by atoms with E-state index in [9.17, 15) is 9.59 Å². The fraction of sp³-hybridized carbons (Fsp3) is 0.636. The monoisotopic (exact) mass is 425 g/mol. The summed E-state index contributed by atoms with van der Waals surface area (Å²) in [4.78, 5) is 27.0. The minimum absolute atomic E-state index is 0. The Labute approximate surface area is 181 Å². The molecule has 1 aliphatic heterocycles. The average molecular weight is 426 g/mol. The molecule has 6 nitrogen and oxygen atoms in total. The summed E-state index contributed by atoms with van der Waals surface area (Å²) in [6.45, 7) is 10.6. The number of nitrogens with zero attached hydrogens (tertiary/aromatic N) is 1. The topological polar surface area (TPSA) is 84.7 Å². The molecule has 7 heteroatoms. The average Bonchev–Trinajstić information content (AvgIpc) is 2.66. The van der Waals surface area contributed by atoms with Gasteiger partial charge in [0.25, 0.3) is 11.8 Å². The van der Waals surface area contributed by atoms with E-state index in [2.05, 4.69) is 19.2 Å². The Bertz CT molecular complexity index is 670. The van der Waals surface area contributed by atoms with Gasteiger partial charge in [0.15, 0.2) is 6.61 Å². The normalized spacial score (nSPS) is 21.1. The van der Waals surface area contributed by atoms with Crippen molar-refractivity contribution < 1.29 is 14.3 Å². The first kappa shape index (κ1) is 25.2. The number of likely N-dealkylation sites (tertiary alicyclic amines) is 1. The molecule has 164 valence electrons. The van der Waals surface area contributed by atoms with E-state index in [1.54, 1.807) is 24.3 Å². The van der Waals surface area contributed by atoms with Crippen molar-refractivity contribution in [3.05, 3.63) is 29.8 Å². The summed E-state index contributed by atoms with van der Waals surface area (Å²) in [6, 6.07) is 7.37. The van der Waals surface area contributed by atoms with Crippen LogP contribution in [0.25, 0.3) is 0 Å². The Morgan fingerprint density at radius 1 is 1.21 bits per heavy atom. The molecular weight excluding hydrogens is 390 g/mol. The van der Waals surface area contributed by atoms with Gasteiger partial charge < -0.3 is 20.7 Å². The summed E-state index contributed by atoms with van der Waals surface area (Å²) < 4.78 is 5.67. The molecule has 1 aromatic carbocycles. The van der Waals surface area contributed by atoms with Gasteiger partial charge in [-0.1, -0.05) is 13.8 Å². The summed E-state index contributed by atoms with van der Waals surface area (Å²) in [6.07, 6.45) is 3.24. The molecule has 0 spiro atoms. The van der Waals surface area contributed by atoms with Crippen LogP contribution in [0.1, 0.15) is 64.2 Å². The Morgan fingerprint density at radius 2 is 1.76 bits per heavy atom. The molecule has 3 N–H and O–H groups in total. The predicted octanol–water partition coefficient (Wildman–Crippen LogP) is 3.38. The van der Waals surface area contributed by atoms with Gasteiger partial charge in [-0.3, -0.25) is 9.59 Å². The lowest BCUT2D eigenvalue weighted by molar-refractivity contribution is -0.139. The molecule has 2 amide bonds. The Balaban J connectivity index is 0.00000420. The summed E-state index contributed by atoms with van der Waals surface area (Å²) in [7, 11) is 0. The van der Waals surface area contributed by atoms with Crippen LogP contribution >= 0.6 is 12.4 Å². The summed E-state index contributed by atoms with van der Waals surface area (Å²) in [5, 5.41) is 3.02. The highest BCUT2D eigenvalue weighted by Gasteiger charge is 2.30. The molecule has 1 heterocycles. The van der Waals surface area contributed by atoms with Crippen LogP contribution < -0.4 is 15.8 Å². The molecular formula is C22H36ClN3O3. The lowest BCUT2D eigenvalue weighted by atomic mass is 9.88. The van der Waals surface area contributed by atoms with E-state index in [0.717, 1.165) is 19.3 Å².